The Labute approximate surface area is 274 Å². The Balaban J connectivity index is 1.36. The molecule has 0 aromatic heterocycles. The van der Waals surface area contributed by atoms with E-state index in [0.717, 1.165) is 11.4 Å². The van der Waals surface area contributed by atoms with E-state index >= 15 is 0 Å². The van der Waals surface area contributed by atoms with Crippen molar-refractivity contribution in [2.45, 2.75) is 0 Å². The first kappa shape index (κ1) is 27.2. The van der Waals surface area contributed by atoms with Gasteiger partial charge in [0.25, 0.3) is 0 Å². The standard InChI is InChI=1S/C46H31N/c1-2-15-35(16-3-1)45-42-22-10-8-20-40(42)41-21-9-11-23-43(41)46(45)47(44-24-12-18-34-14-6-7-19-39(34)44)38-29-27-33(28-30-38)37-26-25-32-13-4-5-17-36(32)31-37/h1-31H. The van der Waals surface area contributed by atoms with E-state index in [1.807, 2.05) is 0 Å². The molecule has 0 saturated heterocycles. The average Bonchev–Trinajstić information content (AvgIpc) is 3.15. The van der Waals surface area contributed by atoms with Gasteiger partial charge in [0.05, 0.1) is 11.4 Å². The van der Waals surface area contributed by atoms with Gasteiger partial charge in [-0.15, -0.1) is 0 Å². The van der Waals surface area contributed by atoms with Crippen LogP contribution in [-0.4, -0.2) is 0 Å². The summed E-state index contributed by atoms with van der Waals surface area (Å²) >= 11 is 0. The summed E-state index contributed by atoms with van der Waals surface area (Å²) in [6.45, 7) is 0. The van der Waals surface area contributed by atoms with Gasteiger partial charge in [0.15, 0.2) is 0 Å². The number of nitrogens with zero attached hydrogens (tertiary/aromatic N) is 1. The normalized spacial score (nSPS) is 11.4. The van der Waals surface area contributed by atoms with Gasteiger partial charge in [0.1, 0.15) is 0 Å². The molecule has 220 valence electrons. The third-order valence-electron chi connectivity index (χ3n) is 9.41. The van der Waals surface area contributed by atoms with E-state index in [-0.39, 0.29) is 0 Å². The van der Waals surface area contributed by atoms with E-state index in [9.17, 15) is 0 Å². The van der Waals surface area contributed by atoms with Crippen LogP contribution in [0.15, 0.2) is 188 Å². The second-order valence-electron chi connectivity index (χ2n) is 12.1. The lowest BCUT2D eigenvalue weighted by atomic mass is 9.89. The van der Waals surface area contributed by atoms with Crippen LogP contribution >= 0.6 is 0 Å². The third kappa shape index (κ3) is 4.64. The molecule has 9 rings (SSSR count). The van der Waals surface area contributed by atoms with Crippen molar-refractivity contribution < 1.29 is 0 Å². The Morgan fingerprint density at radius 2 is 0.851 bits per heavy atom. The molecule has 47 heavy (non-hydrogen) atoms. The third-order valence-corrected chi connectivity index (χ3v) is 9.41. The van der Waals surface area contributed by atoms with Crippen LogP contribution in [0.1, 0.15) is 0 Å². The fourth-order valence-electron chi connectivity index (χ4n) is 7.22. The van der Waals surface area contributed by atoms with Gasteiger partial charge < -0.3 is 4.90 Å². The van der Waals surface area contributed by atoms with Crippen LogP contribution in [0.2, 0.25) is 0 Å². The van der Waals surface area contributed by atoms with Gasteiger partial charge in [0.2, 0.25) is 0 Å². The monoisotopic (exact) mass is 597 g/mol. The van der Waals surface area contributed by atoms with Crippen LogP contribution in [0.3, 0.4) is 0 Å². The van der Waals surface area contributed by atoms with Crippen LogP contribution in [0.5, 0.6) is 0 Å². The molecule has 1 nitrogen and oxygen atoms in total. The maximum atomic E-state index is 2.49. The molecule has 0 bridgehead atoms. The van der Waals surface area contributed by atoms with Crippen molar-refractivity contribution in [2.24, 2.45) is 0 Å². The maximum absolute atomic E-state index is 2.49. The molecule has 1 heteroatoms. The highest BCUT2D eigenvalue weighted by atomic mass is 15.1. The van der Waals surface area contributed by atoms with E-state index in [0.29, 0.717) is 0 Å². The first-order chi connectivity index (χ1) is 23.3. The minimum Gasteiger partial charge on any atom is -0.309 e. The smallest absolute Gasteiger partial charge is 0.0625 e. The molecule has 0 saturated carbocycles. The largest absolute Gasteiger partial charge is 0.309 e. The highest BCUT2D eigenvalue weighted by Crippen LogP contribution is 2.50. The summed E-state index contributed by atoms with van der Waals surface area (Å²) in [6, 6.07) is 68.3. The summed E-state index contributed by atoms with van der Waals surface area (Å²) in [4.78, 5) is 2.49. The molecule has 0 amide bonds. The molecule has 0 aliphatic rings. The van der Waals surface area contributed by atoms with E-state index < -0.39 is 0 Å². The summed E-state index contributed by atoms with van der Waals surface area (Å²) in [5.41, 5.74) is 8.29. The fourth-order valence-corrected chi connectivity index (χ4v) is 7.22. The number of hydrogen-bond donors (Lipinski definition) is 0. The molecule has 0 radical (unpaired) electrons. The van der Waals surface area contributed by atoms with Crippen molar-refractivity contribution >= 4 is 60.2 Å². The highest BCUT2D eigenvalue weighted by molar-refractivity contribution is 6.23. The lowest BCUT2D eigenvalue weighted by molar-refractivity contribution is 1.32. The molecule has 0 atom stereocenters. The molecule has 0 fully saturated rings. The zero-order valence-electron chi connectivity index (χ0n) is 25.8. The highest BCUT2D eigenvalue weighted by Gasteiger charge is 2.24. The van der Waals surface area contributed by atoms with Crippen molar-refractivity contribution in [1.82, 2.24) is 0 Å². The summed E-state index contributed by atoms with van der Waals surface area (Å²) in [5.74, 6) is 0. The molecular formula is C46H31N. The molecule has 0 aliphatic heterocycles. The Bertz CT molecular complexity index is 2560. The Morgan fingerprint density at radius 1 is 0.298 bits per heavy atom. The predicted octanol–water partition coefficient (Wildman–Crippen LogP) is 13.1. The Hall–Kier alpha value is -6.18. The quantitative estimate of drug-likeness (QED) is 0.178. The lowest BCUT2D eigenvalue weighted by Gasteiger charge is -2.31. The van der Waals surface area contributed by atoms with Gasteiger partial charge in [-0.1, -0.05) is 164 Å². The van der Waals surface area contributed by atoms with Crippen LogP contribution in [-0.2, 0) is 0 Å². The molecule has 9 aromatic rings. The minimum atomic E-state index is 1.11. The zero-order valence-corrected chi connectivity index (χ0v) is 25.8. The summed E-state index contributed by atoms with van der Waals surface area (Å²) in [7, 11) is 0. The molecule has 0 unspecified atom stereocenters. The number of rotatable bonds is 5. The predicted molar refractivity (Wildman–Crippen MR) is 202 cm³/mol. The van der Waals surface area contributed by atoms with Crippen molar-refractivity contribution in [3.63, 3.8) is 0 Å². The molecule has 9 aromatic carbocycles. The molecule has 0 heterocycles. The second kappa shape index (κ2) is 11.3. The van der Waals surface area contributed by atoms with Crippen LogP contribution in [0.4, 0.5) is 17.1 Å². The zero-order chi connectivity index (χ0) is 31.2. The Kier molecular flexibility index (Phi) is 6.54. The summed E-state index contributed by atoms with van der Waals surface area (Å²) < 4.78 is 0. The van der Waals surface area contributed by atoms with Crippen LogP contribution in [0, 0.1) is 0 Å². The van der Waals surface area contributed by atoms with E-state index in [1.54, 1.807) is 0 Å². The number of fused-ring (bicyclic) bond motifs is 5. The van der Waals surface area contributed by atoms with E-state index in [4.69, 9.17) is 0 Å². The van der Waals surface area contributed by atoms with Gasteiger partial charge in [-0.25, -0.2) is 0 Å². The van der Waals surface area contributed by atoms with E-state index in [2.05, 4.69) is 193 Å². The summed E-state index contributed by atoms with van der Waals surface area (Å²) in [5, 5.41) is 9.90. The van der Waals surface area contributed by atoms with Gasteiger partial charge >= 0.3 is 0 Å². The van der Waals surface area contributed by atoms with Crippen molar-refractivity contribution in [2.75, 3.05) is 4.90 Å². The van der Waals surface area contributed by atoms with Crippen molar-refractivity contribution in [3.8, 4) is 22.3 Å². The SMILES string of the molecule is c1ccc(-c2c(N(c3ccc(-c4ccc5ccccc5c4)cc3)c3cccc4ccccc34)c3ccccc3c3ccccc23)cc1. The van der Waals surface area contributed by atoms with Gasteiger partial charge in [-0.2, -0.15) is 0 Å². The fraction of sp³-hybridized carbons (Fsp3) is 0. The van der Waals surface area contributed by atoms with Crippen molar-refractivity contribution in [1.29, 1.82) is 0 Å². The van der Waals surface area contributed by atoms with Gasteiger partial charge in [-0.3, -0.25) is 0 Å². The average molecular weight is 598 g/mol. The van der Waals surface area contributed by atoms with Crippen LogP contribution in [0.25, 0.3) is 65.3 Å². The minimum absolute atomic E-state index is 1.11. The summed E-state index contributed by atoms with van der Waals surface area (Å²) in [6.07, 6.45) is 0. The maximum Gasteiger partial charge on any atom is 0.0625 e. The number of benzene rings is 9. The van der Waals surface area contributed by atoms with Crippen LogP contribution < -0.4 is 4.90 Å². The number of hydrogen-bond acceptors (Lipinski definition) is 1. The van der Waals surface area contributed by atoms with Gasteiger partial charge in [-0.05, 0) is 73.3 Å². The molecule has 0 spiro atoms. The first-order valence-corrected chi connectivity index (χ1v) is 16.2. The molecular weight excluding hydrogens is 567 g/mol. The van der Waals surface area contributed by atoms with Gasteiger partial charge in [0, 0.05) is 22.0 Å². The van der Waals surface area contributed by atoms with Crippen molar-refractivity contribution in [3.05, 3.63) is 188 Å². The number of anilines is 3. The lowest BCUT2D eigenvalue weighted by Crippen LogP contribution is -2.13. The van der Waals surface area contributed by atoms with E-state index in [1.165, 1.54) is 71.0 Å². The Morgan fingerprint density at radius 3 is 1.62 bits per heavy atom. The molecule has 0 aliphatic carbocycles. The second-order valence-corrected chi connectivity index (χ2v) is 12.1. The topological polar surface area (TPSA) is 3.24 Å². The first-order valence-electron chi connectivity index (χ1n) is 16.2. The molecule has 0 N–H and O–H groups in total.